The van der Waals surface area contributed by atoms with E-state index in [1.165, 1.54) is 31.2 Å². The molecule has 3 rings (SSSR count). The number of hydrazine groups is 1. The summed E-state index contributed by atoms with van der Waals surface area (Å²) in [5.74, 6) is -1.19. The minimum absolute atomic E-state index is 0.0597. The largest absolute Gasteiger partial charge is 0.493 e. The van der Waals surface area contributed by atoms with Crippen molar-refractivity contribution in [1.29, 1.82) is 0 Å². The van der Waals surface area contributed by atoms with Crippen LogP contribution in [0.1, 0.15) is 19.4 Å². The minimum atomic E-state index is -0.905. The number of halogens is 1. The summed E-state index contributed by atoms with van der Waals surface area (Å²) in [6.07, 6.45) is 0.505. The number of carbonyl (C=O) groups is 3. The molecule has 1 N–H and O–H groups in total. The number of amides is 2. The second-order valence-electron chi connectivity index (χ2n) is 6.52. The Balaban J connectivity index is 1.89. The van der Waals surface area contributed by atoms with Crippen LogP contribution in [0.3, 0.4) is 0 Å². The van der Waals surface area contributed by atoms with Gasteiger partial charge in [-0.1, -0.05) is 29.8 Å². The third kappa shape index (κ3) is 4.80. The number of esters is 1. The van der Waals surface area contributed by atoms with E-state index in [-0.39, 0.29) is 28.7 Å². The molecule has 1 aliphatic heterocycles. The van der Waals surface area contributed by atoms with Crippen molar-refractivity contribution >= 4 is 41.1 Å². The Morgan fingerprint density at radius 1 is 1.23 bits per heavy atom. The van der Waals surface area contributed by atoms with Gasteiger partial charge in [-0.3, -0.25) is 15.0 Å². The lowest BCUT2D eigenvalue weighted by Gasteiger charge is -2.17. The van der Waals surface area contributed by atoms with Gasteiger partial charge in [0.15, 0.2) is 17.6 Å². The van der Waals surface area contributed by atoms with Crippen LogP contribution in [-0.2, 0) is 19.1 Å². The van der Waals surface area contributed by atoms with Gasteiger partial charge in [-0.25, -0.2) is 9.80 Å². The van der Waals surface area contributed by atoms with Crippen LogP contribution in [0.25, 0.3) is 6.08 Å². The molecule has 0 unspecified atom stereocenters. The number of nitrogens with zero attached hydrogens (tertiary/aromatic N) is 1. The molecule has 0 radical (unpaired) electrons. The summed E-state index contributed by atoms with van der Waals surface area (Å²) in [6.45, 7) is 3.45. The first-order valence-corrected chi connectivity index (χ1v) is 9.86. The Kier molecular flexibility index (Phi) is 6.81. The fourth-order valence-corrected chi connectivity index (χ4v) is 3.17. The van der Waals surface area contributed by atoms with E-state index in [4.69, 9.17) is 25.8 Å². The molecule has 0 bridgehead atoms. The van der Waals surface area contributed by atoms with E-state index in [0.717, 1.165) is 0 Å². The highest BCUT2D eigenvalue weighted by Gasteiger charge is 2.34. The molecule has 2 amide bonds. The lowest BCUT2D eigenvalue weighted by molar-refractivity contribution is -0.150. The van der Waals surface area contributed by atoms with Gasteiger partial charge in [-0.05, 0) is 49.8 Å². The Morgan fingerprint density at radius 3 is 2.58 bits per heavy atom. The van der Waals surface area contributed by atoms with Gasteiger partial charge in [0.25, 0.3) is 11.8 Å². The molecule has 1 atom stereocenters. The summed E-state index contributed by atoms with van der Waals surface area (Å²) in [7, 11) is 1.41. The van der Waals surface area contributed by atoms with Crippen LogP contribution in [0, 0.1) is 0 Å². The summed E-state index contributed by atoms with van der Waals surface area (Å²) in [5, 5.41) is 1.32. The molecule has 0 aromatic heterocycles. The number of hydrogen-bond donors (Lipinski definition) is 1. The number of rotatable bonds is 7. The molecule has 8 nitrogen and oxygen atoms in total. The zero-order chi connectivity index (χ0) is 22.5. The smallest absolute Gasteiger partial charge is 0.347 e. The first kappa shape index (κ1) is 22.2. The fourth-order valence-electron chi connectivity index (χ4n) is 2.90. The summed E-state index contributed by atoms with van der Waals surface area (Å²) >= 11 is 6.34. The van der Waals surface area contributed by atoms with Crippen molar-refractivity contribution in [1.82, 2.24) is 5.43 Å². The monoisotopic (exact) mass is 444 g/mol. The lowest BCUT2D eigenvalue weighted by Crippen LogP contribution is -2.35. The van der Waals surface area contributed by atoms with Gasteiger partial charge in [0.1, 0.15) is 5.57 Å². The molecule has 1 fully saturated rings. The zero-order valence-corrected chi connectivity index (χ0v) is 17.9. The molecule has 2 aromatic carbocycles. The maximum absolute atomic E-state index is 12.7. The molecule has 162 valence electrons. The van der Waals surface area contributed by atoms with Gasteiger partial charge in [0.05, 0.1) is 24.4 Å². The van der Waals surface area contributed by atoms with E-state index >= 15 is 0 Å². The first-order valence-electron chi connectivity index (χ1n) is 9.48. The normalized spacial score (nSPS) is 15.6. The predicted molar refractivity (Wildman–Crippen MR) is 115 cm³/mol. The molecular formula is C22H21ClN2O6. The van der Waals surface area contributed by atoms with Crippen molar-refractivity contribution in [2.24, 2.45) is 0 Å². The number of ether oxygens (including phenoxy) is 3. The van der Waals surface area contributed by atoms with Crippen molar-refractivity contribution in [3.8, 4) is 11.5 Å². The van der Waals surface area contributed by atoms with Gasteiger partial charge < -0.3 is 14.2 Å². The number of carbonyl (C=O) groups excluding carboxylic acids is 3. The molecule has 0 aliphatic carbocycles. The SMILES string of the molecule is CCOC(=O)[C@H](C)Oc1c(Cl)cc(/C=C2/C(=O)NN(c3ccccc3)C2=O)cc1OC. The highest BCUT2D eigenvalue weighted by molar-refractivity contribution is 6.33. The topological polar surface area (TPSA) is 94.2 Å². The van der Waals surface area contributed by atoms with Crippen molar-refractivity contribution in [2.45, 2.75) is 20.0 Å². The fraction of sp³-hybridized carbons (Fsp3) is 0.227. The standard InChI is InChI=1S/C22H21ClN2O6/c1-4-30-22(28)13(2)31-19-17(23)11-14(12-18(19)29-3)10-16-20(26)24-25(21(16)27)15-8-6-5-7-9-15/h5-13H,4H2,1-3H3,(H,24,26)/b16-10-/t13-/m0/s1. The number of para-hydroxylation sites is 1. The molecule has 0 spiro atoms. The number of hydrogen-bond acceptors (Lipinski definition) is 6. The molecular weight excluding hydrogens is 424 g/mol. The van der Waals surface area contributed by atoms with E-state index in [1.807, 2.05) is 6.07 Å². The van der Waals surface area contributed by atoms with Gasteiger partial charge in [-0.15, -0.1) is 0 Å². The highest BCUT2D eigenvalue weighted by atomic mass is 35.5. The van der Waals surface area contributed by atoms with Crippen LogP contribution in [0.15, 0.2) is 48.0 Å². The number of benzene rings is 2. The number of methoxy groups -OCH3 is 1. The van der Waals surface area contributed by atoms with Crippen LogP contribution >= 0.6 is 11.6 Å². The predicted octanol–water partition coefficient (Wildman–Crippen LogP) is 3.14. The van der Waals surface area contributed by atoms with Crippen molar-refractivity contribution in [3.63, 3.8) is 0 Å². The summed E-state index contributed by atoms with van der Waals surface area (Å²) in [6, 6.07) is 11.8. The molecule has 31 heavy (non-hydrogen) atoms. The quantitative estimate of drug-likeness (QED) is 0.400. The average molecular weight is 445 g/mol. The second kappa shape index (κ2) is 9.53. The van der Waals surface area contributed by atoms with Gasteiger partial charge in [0, 0.05) is 0 Å². The second-order valence-corrected chi connectivity index (χ2v) is 6.93. The first-order chi connectivity index (χ1) is 14.8. The van der Waals surface area contributed by atoms with E-state index < -0.39 is 23.9 Å². The third-order valence-corrected chi connectivity index (χ3v) is 4.66. The van der Waals surface area contributed by atoms with Crippen molar-refractivity contribution in [2.75, 3.05) is 18.7 Å². The van der Waals surface area contributed by atoms with Crippen molar-refractivity contribution in [3.05, 3.63) is 58.6 Å². The van der Waals surface area contributed by atoms with Gasteiger partial charge >= 0.3 is 5.97 Å². The highest BCUT2D eigenvalue weighted by Crippen LogP contribution is 2.38. The molecule has 1 heterocycles. The van der Waals surface area contributed by atoms with E-state index in [2.05, 4.69) is 5.43 Å². The number of nitrogens with one attached hydrogen (secondary N) is 1. The Morgan fingerprint density at radius 2 is 1.94 bits per heavy atom. The van der Waals surface area contributed by atoms with E-state index in [1.54, 1.807) is 37.3 Å². The van der Waals surface area contributed by atoms with E-state index in [0.29, 0.717) is 11.3 Å². The Hall–Kier alpha value is -3.52. The average Bonchev–Trinajstić information content (AvgIpc) is 3.04. The maximum Gasteiger partial charge on any atom is 0.347 e. The maximum atomic E-state index is 12.7. The lowest BCUT2D eigenvalue weighted by atomic mass is 10.1. The van der Waals surface area contributed by atoms with Crippen LogP contribution in [0.5, 0.6) is 11.5 Å². The van der Waals surface area contributed by atoms with Crippen LogP contribution < -0.4 is 19.9 Å². The summed E-state index contributed by atoms with van der Waals surface area (Å²) in [4.78, 5) is 37.0. The van der Waals surface area contributed by atoms with Crippen molar-refractivity contribution < 1.29 is 28.6 Å². The molecule has 9 heteroatoms. The zero-order valence-electron chi connectivity index (χ0n) is 17.2. The molecule has 1 saturated heterocycles. The number of anilines is 1. The van der Waals surface area contributed by atoms with E-state index in [9.17, 15) is 14.4 Å². The Labute approximate surface area is 184 Å². The van der Waals surface area contributed by atoms with Crippen LogP contribution in [0.4, 0.5) is 5.69 Å². The van der Waals surface area contributed by atoms with Crippen LogP contribution in [-0.4, -0.2) is 37.6 Å². The van der Waals surface area contributed by atoms with Crippen LogP contribution in [0.2, 0.25) is 5.02 Å². The molecule has 1 aliphatic rings. The molecule has 2 aromatic rings. The van der Waals surface area contributed by atoms with Gasteiger partial charge in [-0.2, -0.15) is 0 Å². The van der Waals surface area contributed by atoms with Gasteiger partial charge in [0.2, 0.25) is 0 Å². The summed E-state index contributed by atoms with van der Waals surface area (Å²) in [5.41, 5.74) is 3.46. The minimum Gasteiger partial charge on any atom is -0.493 e. The Bertz CT molecular complexity index is 1040. The molecule has 0 saturated carbocycles. The third-order valence-electron chi connectivity index (χ3n) is 4.38. The summed E-state index contributed by atoms with van der Waals surface area (Å²) < 4.78 is 15.9.